The van der Waals surface area contributed by atoms with Crippen molar-refractivity contribution in [3.8, 4) is 157 Å². The predicted octanol–water partition coefficient (Wildman–Crippen LogP) is 26.5. The Balaban J connectivity index is 0.000000147. The fourth-order valence-corrected chi connectivity index (χ4v) is 17.4. The third-order valence-corrected chi connectivity index (χ3v) is 23.7. The lowest BCUT2D eigenvalue weighted by molar-refractivity contribution is 1.07. The molecule has 0 saturated carbocycles. The summed E-state index contributed by atoms with van der Waals surface area (Å²) in [5, 5.41) is 11.4. The smallest absolute Gasteiger partial charge is 0.164 e. The summed E-state index contributed by atoms with van der Waals surface area (Å²) in [5.41, 5.74) is 28.8. The molecule has 0 N–H and O–H groups in total. The molecule has 0 fully saturated rings. The molecule has 552 valence electrons. The number of benzene rings is 15. The first-order valence-corrected chi connectivity index (χ1v) is 40.5. The van der Waals surface area contributed by atoms with Crippen molar-refractivity contribution in [1.29, 1.82) is 0 Å². The van der Waals surface area contributed by atoms with Crippen molar-refractivity contribution in [2.75, 3.05) is 0 Å². The second-order valence-electron chi connectivity index (χ2n) is 28.8. The van der Waals surface area contributed by atoms with Gasteiger partial charge in [-0.25, -0.2) is 49.8 Å². The summed E-state index contributed by atoms with van der Waals surface area (Å²) in [6.45, 7) is 0. The lowest BCUT2D eigenvalue weighted by atomic mass is 9.96. The Morgan fingerprint density at radius 1 is 0.178 bits per heavy atom. The van der Waals surface area contributed by atoms with Gasteiger partial charge in [0.1, 0.15) is 27.7 Å². The molecule has 15 aromatic carbocycles. The van der Waals surface area contributed by atoms with Crippen LogP contribution in [0.4, 0.5) is 0 Å². The zero-order valence-electron chi connectivity index (χ0n) is 63.1. The van der Waals surface area contributed by atoms with Crippen molar-refractivity contribution < 1.29 is 0 Å². The quantitative estimate of drug-likeness (QED) is 0.102. The number of rotatable bonds is 14. The van der Waals surface area contributed by atoms with Crippen molar-refractivity contribution in [2.24, 2.45) is 0 Å². The average molecular weight is 1550 g/mol. The van der Waals surface area contributed by atoms with Crippen LogP contribution in [0.1, 0.15) is 0 Å². The molecule has 7 aromatic heterocycles. The number of thiophene rings is 2. The van der Waals surface area contributed by atoms with Gasteiger partial charge in [0, 0.05) is 54.4 Å². The molecule has 14 heteroatoms. The third-order valence-electron chi connectivity index (χ3n) is 21.4. The topological polar surface area (TPSA) is 155 Å². The normalized spacial score (nSPS) is 11.4. The van der Waals surface area contributed by atoms with E-state index in [-0.39, 0.29) is 0 Å². The largest absolute Gasteiger partial charge is 0.241 e. The second kappa shape index (κ2) is 30.8. The lowest BCUT2D eigenvalue weighted by Gasteiger charge is -2.10. The standard InChI is InChI=1S/C53H33N5S.C51H31N7S/c1-3-10-34(11-4-1)35-22-26-40(27-23-35)52-54-51(39-12-5-2-6-13-39)55-53(56-52)41-28-24-37(25-29-41)43-15-9-14-42(32-43)36-18-20-38(21-19-36)44-30-31-48-46(33-44)49-50(59-48)45-16-7-8-17-47(45)57-58-49;1-3-10-32(11-4-1)33-20-26-38(27-21-33)49-56-48(37-12-5-2-6-13-37)57-50(58-49)39-28-22-35(23-29-39)41-15-9-14-40(30-41)34-18-24-36(25-19-34)44-47-45(53-31-52-44)46-51(59-47)55-43-17-8-7-16-42(43)54-46/h1-33H;1-31H. The Morgan fingerprint density at radius 3 is 0.915 bits per heavy atom. The van der Waals surface area contributed by atoms with Crippen molar-refractivity contribution >= 4 is 85.5 Å². The van der Waals surface area contributed by atoms with Crippen molar-refractivity contribution in [3.05, 3.63) is 389 Å². The molecule has 0 spiro atoms. The highest BCUT2D eigenvalue weighted by Crippen LogP contribution is 2.42. The molecule has 7 heterocycles. The molecular formula is C104H64N12S2. The van der Waals surface area contributed by atoms with Gasteiger partial charge in [0.2, 0.25) is 0 Å². The molecule has 118 heavy (non-hydrogen) atoms. The van der Waals surface area contributed by atoms with Crippen molar-refractivity contribution in [1.82, 2.24) is 60.0 Å². The van der Waals surface area contributed by atoms with E-state index in [0.717, 1.165) is 165 Å². The summed E-state index contributed by atoms with van der Waals surface area (Å²) >= 11 is 3.37. The minimum atomic E-state index is 0.624. The third kappa shape index (κ3) is 14.0. The highest BCUT2D eigenvalue weighted by Gasteiger charge is 2.20. The van der Waals surface area contributed by atoms with Crippen LogP contribution >= 0.6 is 22.7 Å². The Kier molecular flexibility index (Phi) is 18.4. The van der Waals surface area contributed by atoms with Crippen LogP contribution in [0.25, 0.3) is 220 Å². The summed E-state index contributed by atoms with van der Waals surface area (Å²) < 4.78 is 3.39. The Morgan fingerprint density at radius 2 is 0.492 bits per heavy atom. The van der Waals surface area contributed by atoms with E-state index < -0.39 is 0 Å². The first kappa shape index (κ1) is 70.4. The van der Waals surface area contributed by atoms with Crippen molar-refractivity contribution in [2.45, 2.75) is 0 Å². The maximum Gasteiger partial charge on any atom is 0.164 e. The van der Waals surface area contributed by atoms with Gasteiger partial charge in [-0.15, -0.1) is 32.9 Å². The number of hydrogen-bond acceptors (Lipinski definition) is 14. The Bertz CT molecular complexity index is 7480. The van der Waals surface area contributed by atoms with Gasteiger partial charge < -0.3 is 0 Å². The van der Waals surface area contributed by atoms with Crippen LogP contribution < -0.4 is 0 Å². The highest BCUT2D eigenvalue weighted by atomic mass is 32.1. The van der Waals surface area contributed by atoms with E-state index in [9.17, 15) is 0 Å². The molecule has 22 rings (SSSR count). The summed E-state index contributed by atoms with van der Waals surface area (Å²) in [6.07, 6.45) is 1.62. The van der Waals surface area contributed by atoms with Gasteiger partial charge in [-0.2, -0.15) is 0 Å². The molecule has 0 aliphatic rings. The molecule has 0 aliphatic heterocycles. The van der Waals surface area contributed by atoms with Crippen LogP contribution in [0.2, 0.25) is 0 Å². The van der Waals surface area contributed by atoms with Gasteiger partial charge in [0.15, 0.2) is 34.9 Å². The zero-order valence-corrected chi connectivity index (χ0v) is 64.8. The van der Waals surface area contributed by atoms with E-state index in [2.05, 4.69) is 288 Å². The number of para-hydroxylation sites is 2. The average Bonchev–Trinajstić information content (AvgIpc) is 1.61. The van der Waals surface area contributed by atoms with Crippen LogP contribution in [0.15, 0.2) is 389 Å². The van der Waals surface area contributed by atoms with E-state index in [0.29, 0.717) is 34.9 Å². The number of hydrogen-bond donors (Lipinski definition) is 0. The van der Waals surface area contributed by atoms with Gasteiger partial charge in [0.25, 0.3) is 0 Å². The van der Waals surface area contributed by atoms with E-state index in [1.54, 1.807) is 29.0 Å². The molecule has 0 unspecified atom stereocenters. The van der Waals surface area contributed by atoms with Crippen LogP contribution in [-0.4, -0.2) is 60.0 Å². The minimum Gasteiger partial charge on any atom is -0.241 e. The SMILES string of the molecule is c1ccc(-c2ccc(-c3nc(-c4ccccc4)nc(-c4ccc(-c5cccc(-c6ccc(-c7ccc8sc9c%10ccccc%10nnc9c8c7)cc6)c5)cc4)n3)cc2)cc1.c1ccc(-c2ccc(-c3nc(-c4ccccc4)nc(-c4ccc(-c5cccc(-c6ccc(-c7ncnc8c7sc7nc9ccccc9nc78)cc6)c5)cc4)n3)cc2)cc1. The fourth-order valence-electron chi connectivity index (χ4n) is 15.2. The van der Waals surface area contributed by atoms with E-state index in [1.165, 1.54) is 20.5 Å². The minimum absolute atomic E-state index is 0.624. The molecule has 0 amide bonds. The first-order valence-electron chi connectivity index (χ1n) is 38.9. The Labute approximate surface area is 686 Å². The van der Waals surface area contributed by atoms with E-state index >= 15 is 0 Å². The lowest BCUT2D eigenvalue weighted by Crippen LogP contribution is -2.00. The molecule has 12 nitrogen and oxygen atoms in total. The maximum absolute atomic E-state index is 5.00. The van der Waals surface area contributed by atoms with Gasteiger partial charge >= 0.3 is 0 Å². The number of nitrogens with zero attached hydrogens (tertiary/aromatic N) is 12. The zero-order chi connectivity index (χ0) is 78.2. The monoisotopic (exact) mass is 1540 g/mol. The predicted molar refractivity (Wildman–Crippen MR) is 483 cm³/mol. The summed E-state index contributed by atoms with van der Waals surface area (Å²) in [6, 6.07) is 132. The van der Waals surface area contributed by atoms with Gasteiger partial charge in [-0.05, 0) is 120 Å². The maximum atomic E-state index is 5.00. The number of fused-ring (bicyclic) bond motifs is 9. The highest BCUT2D eigenvalue weighted by molar-refractivity contribution is 7.26. The van der Waals surface area contributed by atoms with Crippen LogP contribution in [-0.2, 0) is 0 Å². The molecule has 0 bridgehead atoms. The van der Waals surface area contributed by atoms with Gasteiger partial charge in [-0.3, -0.25) is 0 Å². The van der Waals surface area contributed by atoms with Crippen LogP contribution in [0.3, 0.4) is 0 Å². The summed E-state index contributed by atoms with van der Waals surface area (Å²) in [4.78, 5) is 49.7. The fraction of sp³-hybridized carbons (Fsp3) is 0. The molecule has 0 saturated heterocycles. The molecular weight excluding hydrogens is 1480 g/mol. The number of aromatic nitrogens is 12. The molecule has 0 radical (unpaired) electrons. The summed E-state index contributed by atoms with van der Waals surface area (Å²) in [7, 11) is 0. The van der Waals surface area contributed by atoms with Crippen LogP contribution in [0.5, 0.6) is 0 Å². The summed E-state index contributed by atoms with van der Waals surface area (Å²) in [5.74, 6) is 3.81. The van der Waals surface area contributed by atoms with Gasteiger partial charge in [0.05, 0.1) is 31.6 Å². The van der Waals surface area contributed by atoms with E-state index in [1.807, 2.05) is 109 Å². The Hall–Kier alpha value is -15.5. The van der Waals surface area contributed by atoms with E-state index in [4.69, 9.17) is 44.9 Å². The molecule has 0 atom stereocenters. The second-order valence-corrected chi connectivity index (χ2v) is 30.8. The molecule has 22 aromatic rings. The first-order chi connectivity index (χ1) is 58.4. The molecule has 0 aliphatic carbocycles. The van der Waals surface area contributed by atoms with Crippen LogP contribution in [0, 0.1) is 0 Å². The van der Waals surface area contributed by atoms with Crippen molar-refractivity contribution in [3.63, 3.8) is 0 Å². The van der Waals surface area contributed by atoms with Gasteiger partial charge in [-0.1, -0.05) is 340 Å².